The molecule has 0 bridgehead atoms. The number of ether oxygens (including phenoxy) is 1. The molecule has 0 aliphatic heterocycles. The van der Waals surface area contributed by atoms with Crippen LogP contribution in [0.3, 0.4) is 0 Å². The van der Waals surface area contributed by atoms with Crippen LogP contribution in [0.4, 0.5) is 5.69 Å². The molecule has 0 radical (unpaired) electrons. The van der Waals surface area contributed by atoms with Crippen LogP contribution >= 0.6 is 0 Å². The maximum atomic E-state index is 11.1. The van der Waals surface area contributed by atoms with Crippen molar-refractivity contribution in [2.75, 3.05) is 5.73 Å². The lowest BCUT2D eigenvalue weighted by Gasteiger charge is -2.05. The molecule has 0 aliphatic carbocycles. The molecule has 0 atom stereocenters. The lowest BCUT2D eigenvalue weighted by molar-refractivity contribution is 0.100. The zero-order valence-electron chi connectivity index (χ0n) is 9.12. The molecule has 0 spiro atoms. The summed E-state index contributed by atoms with van der Waals surface area (Å²) >= 11 is 0. The molecule has 2 heterocycles. The number of nitrogens with zero attached hydrogens (tertiary/aromatic N) is 3. The Morgan fingerprint density at radius 3 is 2.82 bits per heavy atom. The summed E-state index contributed by atoms with van der Waals surface area (Å²) in [6.45, 7) is 0. The topological polar surface area (TPSA) is 109 Å². The maximum Gasteiger partial charge on any atom is 0.251 e. The van der Waals surface area contributed by atoms with Crippen LogP contribution in [0, 0.1) is 0 Å². The number of hydrogen-bond acceptors (Lipinski definition) is 5. The molecule has 0 aliphatic rings. The molecule has 7 nitrogen and oxygen atoms in total. The Morgan fingerprint density at radius 2 is 2.24 bits per heavy atom. The number of carbonyl (C=O) groups is 1. The van der Waals surface area contributed by atoms with Crippen molar-refractivity contribution in [2.24, 2.45) is 12.8 Å². The van der Waals surface area contributed by atoms with E-state index in [1.807, 2.05) is 0 Å². The predicted molar refractivity (Wildman–Crippen MR) is 60.4 cm³/mol. The number of nitrogen functional groups attached to an aromatic ring is 1. The Hall–Kier alpha value is -2.57. The molecule has 0 saturated carbocycles. The van der Waals surface area contributed by atoms with Gasteiger partial charge in [0.2, 0.25) is 5.88 Å². The molecule has 1 amide bonds. The van der Waals surface area contributed by atoms with Gasteiger partial charge in [-0.15, -0.1) is 0 Å². The lowest BCUT2D eigenvalue weighted by Crippen LogP contribution is -2.13. The smallest absolute Gasteiger partial charge is 0.251 e. The average Bonchev–Trinajstić information content (AvgIpc) is 2.66. The van der Waals surface area contributed by atoms with Gasteiger partial charge in [0.25, 0.3) is 5.91 Å². The second kappa shape index (κ2) is 4.12. The molecule has 0 unspecified atom stereocenters. The minimum absolute atomic E-state index is 0.180. The summed E-state index contributed by atoms with van der Waals surface area (Å²) < 4.78 is 6.97. The normalized spacial score (nSPS) is 10.2. The summed E-state index contributed by atoms with van der Waals surface area (Å²) in [4.78, 5) is 15.0. The van der Waals surface area contributed by atoms with E-state index in [-0.39, 0.29) is 17.1 Å². The summed E-state index contributed by atoms with van der Waals surface area (Å²) in [5.41, 5.74) is 11.1. The number of aryl methyl sites for hydroxylation is 1. The summed E-state index contributed by atoms with van der Waals surface area (Å²) in [5, 5.41) is 3.94. The summed E-state index contributed by atoms with van der Waals surface area (Å²) in [6.07, 6.45) is 4.52. The van der Waals surface area contributed by atoms with E-state index in [0.29, 0.717) is 5.75 Å². The summed E-state index contributed by atoms with van der Waals surface area (Å²) in [6, 6.07) is 1.39. The Kier molecular flexibility index (Phi) is 2.65. The monoisotopic (exact) mass is 233 g/mol. The van der Waals surface area contributed by atoms with Gasteiger partial charge in [0, 0.05) is 13.1 Å². The first-order valence-electron chi connectivity index (χ1n) is 4.78. The number of pyridine rings is 1. The molecule has 0 aromatic carbocycles. The first kappa shape index (κ1) is 10.9. The van der Waals surface area contributed by atoms with Gasteiger partial charge >= 0.3 is 0 Å². The molecule has 0 fully saturated rings. The van der Waals surface area contributed by atoms with Gasteiger partial charge in [-0.1, -0.05) is 0 Å². The van der Waals surface area contributed by atoms with E-state index in [4.69, 9.17) is 16.2 Å². The van der Waals surface area contributed by atoms with E-state index < -0.39 is 5.91 Å². The van der Waals surface area contributed by atoms with E-state index >= 15 is 0 Å². The van der Waals surface area contributed by atoms with E-state index in [0.717, 1.165) is 0 Å². The van der Waals surface area contributed by atoms with Crippen LogP contribution in [-0.4, -0.2) is 20.7 Å². The molecule has 17 heavy (non-hydrogen) atoms. The molecular formula is C10H11N5O2. The second-order valence-corrected chi connectivity index (χ2v) is 3.43. The quantitative estimate of drug-likeness (QED) is 0.791. The SMILES string of the molecule is Cn1cc(Oc2cc(C(N)=O)c(N)cn2)cn1. The van der Waals surface area contributed by atoms with Crippen LogP contribution in [0.2, 0.25) is 0 Å². The third-order valence-corrected chi connectivity index (χ3v) is 2.08. The van der Waals surface area contributed by atoms with Crippen LogP contribution in [0.15, 0.2) is 24.7 Å². The maximum absolute atomic E-state index is 11.1. The lowest BCUT2D eigenvalue weighted by atomic mass is 10.2. The van der Waals surface area contributed by atoms with Gasteiger partial charge in [-0.05, 0) is 0 Å². The Bertz CT molecular complexity index is 564. The van der Waals surface area contributed by atoms with Gasteiger partial charge in [-0.2, -0.15) is 5.10 Å². The molecule has 88 valence electrons. The third-order valence-electron chi connectivity index (χ3n) is 2.08. The number of amides is 1. The Morgan fingerprint density at radius 1 is 1.47 bits per heavy atom. The number of nitrogens with two attached hydrogens (primary N) is 2. The number of carbonyl (C=O) groups excluding carboxylic acids is 1. The van der Waals surface area contributed by atoms with E-state index in [1.54, 1.807) is 17.9 Å². The van der Waals surface area contributed by atoms with Crippen molar-refractivity contribution in [1.29, 1.82) is 0 Å². The van der Waals surface area contributed by atoms with Gasteiger partial charge in [0.1, 0.15) is 0 Å². The molecule has 2 rings (SSSR count). The number of primary amides is 1. The number of aromatic nitrogens is 3. The zero-order chi connectivity index (χ0) is 12.4. The van der Waals surface area contributed by atoms with Crippen LogP contribution in [0.25, 0.3) is 0 Å². The standard InChI is InChI=1S/C10H11N5O2/c1-15-5-6(3-14-15)17-9-2-7(10(12)16)8(11)4-13-9/h2-5H,11H2,1H3,(H2,12,16). The van der Waals surface area contributed by atoms with Crippen molar-refractivity contribution in [3.63, 3.8) is 0 Å². The van der Waals surface area contributed by atoms with Gasteiger partial charge in [-0.3, -0.25) is 9.48 Å². The summed E-state index contributed by atoms with van der Waals surface area (Å²) in [7, 11) is 1.76. The number of rotatable bonds is 3. The van der Waals surface area contributed by atoms with Gasteiger partial charge in [-0.25, -0.2) is 4.98 Å². The fourth-order valence-electron chi connectivity index (χ4n) is 1.29. The zero-order valence-corrected chi connectivity index (χ0v) is 9.12. The molecule has 7 heteroatoms. The van der Waals surface area contributed by atoms with Gasteiger partial charge in [0.05, 0.1) is 29.8 Å². The van der Waals surface area contributed by atoms with Crippen molar-refractivity contribution in [3.8, 4) is 11.6 Å². The predicted octanol–water partition coefficient (Wildman–Crippen LogP) is 0.288. The highest BCUT2D eigenvalue weighted by Gasteiger charge is 2.09. The first-order chi connectivity index (χ1) is 8.06. The highest BCUT2D eigenvalue weighted by Crippen LogP contribution is 2.21. The van der Waals surface area contributed by atoms with E-state index in [9.17, 15) is 4.79 Å². The fraction of sp³-hybridized carbons (Fsp3) is 0.100. The highest BCUT2D eigenvalue weighted by molar-refractivity contribution is 5.98. The van der Waals surface area contributed by atoms with Gasteiger partial charge in [0.15, 0.2) is 5.75 Å². The summed E-state index contributed by atoms with van der Waals surface area (Å²) in [5.74, 6) is 0.127. The Labute approximate surface area is 97.0 Å². The van der Waals surface area contributed by atoms with Crippen molar-refractivity contribution < 1.29 is 9.53 Å². The molecule has 2 aromatic rings. The van der Waals surface area contributed by atoms with Crippen molar-refractivity contribution in [1.82, 2.24) is 14.8 Å². The molecular weight excluding hydrogens is 222 g/mol. The van der Waals surface area contributed by atoms with E-state index in [2.05, 4.69) is 10.1 Å². The number of anilines is 1. The first-order valence-corrected chi connectivity index (χ1v) is 4.78. The highest BCUT2D eigenvalue weighted by atomic mass is 16.5. The van der Waals surface area contributed by atoms with Crippen molar-refractivity contribution in [3.05, 3.63) is 30.2 Å². The second-order valence-electron chi connectivity index (χ2n) is 3.43. The molecule has 4 N–H and O–H groups in total. The average molecular weight is 233 g/mol. The van der Waals surface area contributed by atoms with Crippen molar-refractivity contribution >= 4 is 11.6 Å². The largest absolute Gasteiger partial charge is 0.436 e. The fourth-order valence-corrected chi connectivity index (χ4v) is 1.29. The minimum Gasteiger partial charge on any atom is -0.436 e. The molecule has 2 aromatic heterocycles. The minimum atomic E-state index is -0.624. The Balaban J connectivity index is 2.28. The van der Waals surface area contributed by atoms with Crippen LogP contribution in [0.1, 0.15) is 10.4 Å². The van der Waals surface area contributed by atoms with Crippen LogP contribution in [-0.2, 0) is 7.05 Å². The molecule has 0 saturated heterocycles. The van der Waals surface area contributed by atoms with Gasteiger partial charge < -0.3 is 16.2 Å². The van der Waals surface area contributed by atoms with E-state index in [1.165, 1.54) is 18.5 Å². The van der Waals surface area contributed by atoms with Crippen LogP contribution < -0.4 is 16.2 Å². The number of hydrogen-bond donors (Lipinski definition) is 2. The van der Waals surface area contributed by atoms with Crippen LogP contribution in [0.5, 0.6) is 11.6 Å². The van der Waals surface area contributed by atoms with Crippen molar-refractivity contribution in [2.45, 2.75) is 0 Å². The third kappa shape index (κ3) is 2.33.